The lowest BCUT2D eigenvalue weighted by Gasteiger charge is -2.10. The minimum atomic E-state index is -4.45. The van der Waals surface area contributed by atoms with E-state index in [9.17, 15) is 18.0 Å². The number of benzene rings is 2. The summed E-state index contributed by atoms with van der Waals surface area (Å²) < 4.78 is 51.0. The number of carbonyl (C=O) groups excluding carboxylic acids is 1. The van der Waals surface area contributed by atoms with Gasteiger partial charge < -0.3 is 14.8 Å². The summed E-state index contributed by atoms with van der Waals surface area (Å²) in [7, 11) is 0. The van der Waals surface area contributed by atoms with E-state index in [1.165, 1.54) is 16.8 Å². The number of halogens is 5. The topological polar surface area (TPSA) is 78.3 Å². The normalized spacial score (nSPS) is 11.6. The predicted octanol–water partition coefficient (Wildman–Crippen LogP) is 5.11. The predicted molar refractivity (Wildman–Crippen MR) is 118 cm³/mol. The maximum absolute atomic E-state index is 12.9. The first-order valence-corrected chi connectivity index (χ1v) is 10.6. The van der Waals surface area contributed by atoms with Crippen LogP contribution in [-0.2, 0) is 15.7 Å². The molecule has 176 valence electrons. The molecule has 0 atom stereocenters. The van der Waals surface area contributed by atoms with Crippen LogP contribution in [0.2, 0.25) is 0 Å². The summed E-state index contributed by atoms with van der Waals surface area (Å²) in [5.74, 6) is -0.309. The summed E-state index contributed by atoms with van der Waals surface area (Å²) >= 11 is 11.1. The lowest BCUT2D eigenvalue weighted by molar-refractivity contribution is -0.137. The van der Waals surface area contributed by atoms with Gasteiger partial charge in [0.25, 0.3) is 5.91 Å². The Kier molecular flexibility index (Phi) is 8.17. The Morgan fingerprint density at radius 1 is 1.09 bits per heavy atom. The number of aromatic nitrogens is 3. The molecule has 0 radical (unpaired) electrons. The van der Waals surface area contributed by atoms with Crippen LogP contribution in [-0.4, -0.2) is 45.3 Å². The molecule has 12 heteroatoms. The Morgan fingerprint density at radius 3 is 2.33 bits per heavy atom. The minimum absolute atomic E-state index is 0.0362. The Morgan fingerprint density at radius 2 is 1.76 bits per heavy atom. The lowest BCUT2D eigenvalue weighted by atomic mass is 10.1. The molecule has 0 aliphatic rings. The van der Waals surface area contributed by atoms with E-state index in [1.54, 1.807) is 24.3 Å². The summed E-state index contributed by atoms with van der Waals surface area (Å²) in [5, 5.41) is 6.86. The average Bonchev–Trinajstić information content (AvgIpc) is 3.21. The van der Waals surface area contributed by atoms with Crippen LogP contribution in [0.3, 0.4) is 0 Å². The molecule has 3 rings (SSSR count). The molecule has 7 nitrogen and oxygen atoms in total. The van der Waals surface area contributed by atoms with Crippen molar-refractivity contribution in [1.29, 1.82) is 0 Å². The van der Waals surface area contributed by atoms with Gasteiger partial charge in [-0.3, -0.25) is 4.79 Å². The molecule has 0 saturated carbocycles. The number of rotatable bonds is 9. The first-order valence-electron chi connectivity index (χ1n) is 9.73. The molecule has 1 aromatic heterocycles. The molecule has 1 amide bonds. The first kappa shape index (κ1) is 24.8. The number of ether oxygens (including phenoxy) is 2. The van der Waals surface area contributed by atoms with Crippen molar-refractivity contribution in [2.45, 2.75) is 17.9 Å². The number of amides is 1. The van der Waals surface area contributed by atoms with Crippen LogP contribution in [0, 0.1) is 0 Å². The van der Waals surface area contributed by atoms with Gasteiger partial charge in [0, 0.05) is 17.9 Å². The van der Waals surface area contributed by atoms with Crippen LogP contribution in [0.25, 0.3) is 17.1 Å². The molecule has 33 heavy (non-hydrogen) atoms. The molecule has 0 aliphatic heterocycles. The van der Waals surface area contributed by atoms with Crippen LogP contribution in [0.5, 0.6) is 6.01 Å². The second-order valence-corrected chi connectivity index (χ2v) is 7.68. The van der Waals surface area contributed by atoms with Gasteiger partial charge in [-0.15, -0.1) is 5.10 Å². The molecule has 1 heterocycles. The van der Waals surface area contributed by atoms with Crippen LogP contribution >= 0.6 is 23.2 Å². The summed E-state index contributed by atoms with van der Waals surface area (Å²) in [5.41, 5.74) is 0.602. The third-order valence-electron chi connectivity index (χ3n) is 4.30. The van der Waals surface area contributed by atoms with Gasteiger partial charge in [0.15, 0.2) is 10.7 Å². The molecule has 0 spiro atoms. The van der Waals surface area contributed by atoms with E-state index >= 15 is 0 Å². The molecule has 2 aromatic carbocycles. The minimum Gasteiger partial charge on any atom is -0.460 e. The van der Waals surface area contributed by atoms with Gasteiger partial charge in [-0.05, 0) is 43.3 Å². The highest BCUT2D eigenvalue weighted by molar-refractivity contribution is 6.54. The van der Waals surface area contributed by atoms with E-state index in [2.05, 4.69) is 15.4 Å². The fourth-order valence-electron chi connectivity index (χ4n) is 2.75. The van der Waals surface area contributed by atoms with Gasteiger partial charge in [-0.2, -0.15) is 18.2 Å². The number of anilines is 1. The van der Waals surface area contributed by atoms with Crippen molar-refractivity contribution in [1.82, 2.24) is 14.8 Å². The van der Waals surface area contributed by atoms with Crippen molar-refractivity contribution in [3.8, 4) is 23.1 Å². The number of hydrogen-bond acceptors (Lipinski definition) is 5. The van der Waals surface area contributed by atoms with Crippen molar-refractivity contribution in [3.05, 3.63) is 54.1 Å². The summed E-state index contributed by atoms with van der Waals surface area (Å²) in [6, 6.07) is 11.1. The fraction of sp³-hybridized carbons (Fsp3) is 0.286. The highest BCUT2D eigenvalue weighted by Crippen LogP contribution is 2.31. The summed E-state index contributed by atoms with van der Waals surface area (Å²) in [6.45, 7) is 2.91. The van der Waals surface area contributed by atoms with E-state index in [1.807, 2.05) is 6.92 Å². The SMILES string of the molecule is CCOCCOc1nc(-c2ccc(C(F)(F)F)cc2)n(-c2ccc(NC(=O)C(Cl)Cl)cc2)n1. The largest absolute Gasteiger partial charge is 0.460 e. The highest BCUT2D eigenvalue weighted by atomic mass is 35.5. The van der Waals surface area contributed by atoms with Crippen molar-refractivity contribution in [3.63, 3.8) is 0 Å². The third-order valence-corrected chi connectivity index (χ3v) is 4.70. The van der Waals surface area contributed by atoms with Crippen molar-refractivity contribution in [2.75, 3.05) is 25.1 Å². The number of hydrogen-bond donors (Lipinski definition) is 1. The first-order chi connectivity index (χ1) is 15.7. The van der Waals surface area contributed by atoms with Crippen LogP contribution in [0.4, 0.5) is 18.9 Å². The van der Waals surface area contributed by atoms with Crippen LogP contribution in [0.1, 0.15) is 12.5 Å². The van der Waals surface area contributed by atoms with Gasteiger partial charge in [0.05, 0.1) is 17.9 Å². The van der Waals surface area contributed by atoms with Gasteiger partial charge in [-0.1, -0.05) is 35.3 Å². The molecular weight excluding hydrogens is 484 g/mol. The van der Waals surface area contributed by atoms with Gasteiger partial charge in [0.2, 0.25) is 0 Å². The van der Waals surface area contributed by atoms with E-state index in [0.717, 1.165) is 12.1 Å². The maximum atomic E-state index is 12.9. The zero-order valence-electron chi connectivity index (χ0n) is 17.3. The Hall–Kier alpha value is -2.82. The monoisotopic (exact) mass is 502 g/mol. The van der Waals surface area contributed by atoms with Crippen LogP contribution < -0.4 is 10.1 Å². The third kappa shape index (κ3) is 6.59. The molecule has 0 bridgehead atoms. The quantitative estimate of drug-likeness (QED) is 0.325. The number of nitrogens with one attached hydrogen (secondary N) is 1. The van der Waals surface area contributed by atoms with Crippen molar-refractivity contribution in [2.24, 2.45) is 0 Å². The molecule has 0 unspecified atom stereocenters. The second-order valence-electron chi connectivity index (χ2n) is 6.59. The van der Waals surface area contributed by atoms with E-state index < -0.39 is 22.5 Å². The van der Waals surface area contributed by atoms with Gasteiger partial charge in [-0.25, -0.2) is 4.68 Å². The maximum Gasteiger partial charge on any atom is 0.416 e. The molecule has 0 aliphatic carbocycles. The Bertz CT molecular complexity index is 1070. The number of carbonyl (C=O) groups is 1. The average molecular weight is 503 g/mol. The highest BCUT2D eigenvalue weighted by Gasteiger charge is 2.30. The number of alkyl halides is 5. The molecule has 3 aromatic rings. The molecule has 0 saturated heterocycles. The van der Waals surface area contributed by atoms with E-state index in [-0.39, 0.29) is 18.4 Å². The smallest absolute Gasteiger partial charge is 0.416 e. The summed E-state index contributed by atoms with van der Waals surface area (Å²) in [6.07, 6.45) is -4.45. The lowest BCUT2D eigenvalue weighted by Crippen LogP contribution is -2.18. The Balaban J connectivity index is 1.92. The molecule has 0 fully saturated rings. The van der Waals surface area contributed by atoms with Gasteiger partial charge in [0.1, 0.15) is 6.61 Å². The van der Waals surface area contributed by atoms with E-state index in [0.29, 0.717) is 30.2 Å². The van der Waals surface area contributed by atoms with Crippen LogP contribution in [0.15, 0.2) is 48.5 Å². The van der Waals surface area contributed by atoms with E-state index in [4.69, 9.17) is 32.7 Å². The zero-order chi connectivity index (χ0) is 24.0. The van der Waals surface area contributed by atoms with Gasteiger partial charge >= 0.3 is 12.2 Å². The zero-order valence-corrected chi connectivity index (χ0v) is 18.8. The molecular formula is C21H19Cl2F3N4O3. The molecule has 1 N–H and O–H groups in total. The number of nitrogens with zero attached hydrogens (tertiary/aromatic N) is 3. The Labute approximate surface area is 197 Å². The fourth-order valence-corrected chi connectivity index (χ4v) is 2.86. The van der Waals surface area contributed by atoms with Crippen molar-refractivity contribution >= 4 is 34.8 Å². The summed E-state index contributed by atoms with van der Waals surface area (Å²) in [4.78, 5) is 14.8. The second kappa shape index (κ2) is 10.9. The van der Waals surface area contributed by atoms with Crippen molar-refractivity contribution < 1.29 is 27.4 Å². The standard InChI is InChI=1S/C21H19Cl2F3N4O3/c1-2-32-11-12-33-20-28-18(13-3-5-14(6-4-13)21(24,25)26)30(29-20)16-9-7-15(8-10-16)27-19(31)17(22)23/h3-10,17H,2,11-12H2,1H3,(H,27,31).